The molecule has 1 aliphatic carbocycles. The van der Waals surface area contributed by atoms with E-state index >= 15 is 0 Å². The lowest BCUT2D eigenvalue weighted by atomic mass is 9.69. The summed E-state index contributed by atoms with van der Waals surface area (Å²) in [6, 6.07) is 20.7. The number of nitriles is 1. The highest BCUT2D eigenvalue weighted by Gasteiger charge is 2.37. The van der Waals surface area contributed by atoms with Gasteiger partial charge < -0.3 is 16.1 Å². The maximum Gasteiger partial charge on any atom is 0.123 e. The van der Waals surface area contributed by atoms with E-state index in [1.54, 1.807) is 24.4 Å². The first kappa shape index (κ1) is 27.9. The number of hydrogen-bond acceptors (Lipinski definition) is 7. The Bertz CT molecular complexity index is 1720. The van der Waals surface area contributed by atoms with Crippen molar-refractivity contribution in [3.63, 3.8) is 0 Å². The van der Waals surface area contributed by atoms with Gasteiger partial charge in [0.15, 0.2) is 0 Å². The van der Waals surface area contributed by atoms with Gasteiger partial charge in [-0.1, -0.05) is 60.5 Å². The Labute approximate surface area is 251 Å². The SMILES string of the molecule is [B]C(Nc1cc(Cl)c2ncc(C#N)c(N[C@H](CC)c3cccc(C)c3)c2c1)(C1=CN(C2CC2)NN1)c1ccc(F)cc1. The normalized spacial score (nSPS) is 16.7. The third-order valence-corrected chi connectivity index (χ3v) is 8.10. The highest BCUT2D eigenvalue weighted by atomic mass is 35.5. The molecule has 4 N–H and O–H groups in total. The molecule has 2 heterocycles. The van der Waals surface area contributed by atoms with Gasteiger partial charge in [0.05, 0.1) is 39.0 Å². The van der Waals surface area contributed by atoms with Gasteiger partial charge in [-0.25, -0.2) is 4.39 Å². The van der Waals surface area contributed by atoms with Crippen LogP contribution in [-0.4, -0.2) is 23.9 Å². The van der Waals surface area contributed by atoms with Crippen molar-refractivity contribution in [3.8, 4) is 6.07 Å². The van der Waals surface area contributed by atoms with Crippen molar-refractivity contribution in [2.24, 2.45) is 0 Å². The average molecular weight is 578 g/mol. The average Bonchev–Trinajstić information content (AvgIpc) is 3.71. The van der Waals surface area contributed by atoms with E-state index in [1.165, 1.54) is 12.1 Å². The summed E-state index contributed by atoms with van der Waals surface area (Å²) in [5.74, 6) is -0.356. The zero-order valence-electron chi connectivity index (χ0n) is 23.4. The van der Waals surface area contributed by atoms with Gasteiger partial charge in [0.25, 0.3) is 0 Å². The second-order valence-corrected chi connectivity index (χ2v) is 11.3. The molecule has 1 aliphatic heterocycles. The topological polar surface area (TPSA) is 88.0 Å². The second kappa shape index (κ2) is 11.2. The van der Waals surface area contributed by atoms with E-state index in [-0.39, 0.29) is 11.9 Å². The molecule has 1 saturated carbocycles. The molecule has 2 aliphatic rings. The number of nitrogens with zero attached hydrogens (tertiary/aromatic N) is 3. The van der Waals surface area contributed by atoms with Gasteiger partial charge in [0.1, 0.15) is 19.7 Å². The summed E-state index contributed by atoms with van der Waals surface area (Å²) in [4.78, 5) is 4.52. The first-order chi connectivity index (χ1) is 20.3. The highest BCUT2D eigenvalue weighted by Crippen LogP contribution is 2.39. The molecule has 0 bridgehead atoms. The molecule has 210 valence electrons. The van der Waals surface area contributed by atoms with Crippen LogP contribution in [0.2, 0.25) is 5.02 Å². The Morgan fingerprint density at radius 1 is 1.21 bits per heavy atom. The van der Waals surface area contributed by atoms with Gasteiger partial charge in [-0.3, -0.25) is 9.99 Å². The first-order valence-corrected chi connectivity index (χ1v) is 14.4. The van der Waals surface area contributed by atoms with Crippen molar-refractivity contribution in [2.45, 2.75) is 50.6 Å². The van der Waals surface area contributed by atoms with Crippen LogP contribution in [0.4, 0.5) is 15.8 Å². The largest absolute Gasteiger partial charge is 0.378 e. The maximum absolute atomic E-state index is 13.9. The van der Waals surface area contributed by atoms with Gasteiger partial charge in [-0.2, -0.15) is 5.26 Å². The molecular formula is C32H30BClFN7. The van der Waals surface area contributed by atoms with E-state index in [4.69, 9.17) is 19.4 Å². The fourth-order valence-corrected chi connectivity index (χ4v) is 5.64. The molecule has 42 heavy (non-hydrogen) atoms. The number of anilines is 2. The van der Waals surface area contributed by atoms with E-state index in [1.807, 2.05) is 23.3 Å². The van der Waals surface area contributed by atoms with Crippen LogP contribution in [0.15, 0.2) is 78.8 Å². The molecule has 1 unspecified atom stereocenters. The Kier molecular flexibility index (Phi) is 7.44. The summed E-state index contributed by atoms with van der Waals surface area (Å²) in [6.07, 6.45) is 6.46. The molecule has 2 atom stereocenters. The number of nitrogens with one attached hydrogen (secondary N) is 4. The van der Waals surface area contributed by atoms with Crippen LogP contribution >= 0.6 is 11.6 Å². The summed E-state index contributed by atoms with van der Waals surface area (Å²) in [5, 5.41) is 20.2. The zero-order chi connectivity index (χ0) is 29.4. The lowest BCUT2D eigenvalue weighted by molar-refractivity contribution is 0.260. The van der Waals surface area contributed by atoms with Crippen molar-refractivity contribution >= 4 is 41.7 Å². The molecule has 6 rings (SSSR count). The number of hydrazine groups is 2. The van der Waals surface area contributed by atoms with Crippen LogP contribution < -0.4 is 21.6 Å². The second-order valence-electron chi connectivity index (χ2n) is 10.9. The number of benzene rings is 3. The summed E-state index contributed by atoms with van der Waals surface area (Å²) < 4.78 is 13.9. The lowest BCUT2D eigenvalue weighted by Gasteiger charge is -2.34. The first-order valence-electron chi connectivity index (χ1n) is 14.0. The van der Waals surface area contributed by atoms with E-state index in [9.17, 15) is 9.65 Å². The maximum atomic E-state index is 13.9. The standard InChI is InChI=1S/C32H30BClFN7/c1-3-28(20-6-4-5-19(2)13-20)38-30-21(16-36)17-37-31-26(30)14-24(15-27(31)34)39-32(33,22-7-9-23(35)10-8-22)29-18-42(41-40-29)25-11-12-25/h4-10,13-15,17-18,25,28,39-41H,3,11-12H2,1-2H3,(H,37,38)/t28-,32?/m1/s1. The van der Waals surface area contributed by atoms with E-state index in [0.29, 0.717) is 50.2 Å². The van der Waals surface area contributed by atoms with Gasteiger partial charge in [0, 0.05) is 29.5 Å². The summed E-state index contributed by atoms with van der Waals surface area (Å²) >= 11 is 6.81. The number of hydrogen-bond donors (Lipinski definition) is 4. The van der Waals surface area contributed by atoms with Gasteiger partial charge in [0.2, 0.25) is 0 Å². The number of halogens is 2. The molecule has 0 spiro atoms. The smallest absolute Gasteiger partial charge is 0.123 e. The minimum absolute atomic E-state index is 0.0434. The monoisotopic (exact) mass is 577 g/mol. The third-order valence-electron chi connectivity index (χ3n) is 7.81. The molecule has 1 aromatic heterocycles. The number of aryl methyl sites for hydroxylation is 1. The van der Waals surface area contributed by atoms with Crippen LogP contribution in [0.25, 0.3) is 10.9 Å². The minimum Gasteiger partial charge on any atom is -0.378 e. The summed E-state index contributed by atoms with van der Waals surface area (Å²) in [7, 11) is 7.11. The predicted molar refractivity (Wildman–Crippen MR) is 166 cm³/mol. The fourth-order valence-electron chi connectivity index (χ4n) is 5.37. The van der Waals surface area contributed by atoms with Crippen molar-refractivity contribution < 1.29 is 4.39 Å². The number of pyridine rings is 1. The predicted octanol–water partition coefficient (Wildman–Crippen LogP) is 6.53. The molecule has 4 aromatic rings. The number of aromatic nitrogens is 1. The molecule has 7 nitrogen and oxygen atoms in total. The van der Waals surface area contributed by atoms with Crippen molar-refractivity contribution in [1.82, 2.24) is 21.0 Å². The summed E-state index contributed by atoms with van der Waals surface area (Å²) in [6.45, 7) is 4.16. The Balaban J connectivity index is 1.44. The molecule has 0 amide bonds. The van der Waals surface area contributed by atoms with Gasteiger partial charge >= 0.3 is 0 Å². The Morgan fingerprint density at radius 2 is 2.00 bits per heavy atom. The number of fused-ring (bicyclic) bond motifs is 1. The fraction of sp³-hybridized carbons (Fsp3) is 0.250. The lowest BCUT2D eigenvalue weighted by Crippen LogP contribution is -2.45. The quantitative estimate of drug-likeness (QED) is 0.168. The van der Waals surface area contributed by atoms with Crippen molar-refractivity contribution in [2.75, 3.05) is 10.6 Å². The number of rotatable bonds is 9. The highest BCUT2D eigenvalue weighted by molar-refractivity contribution is 6.36. The van der Waals surface area contributed by atoms with Gasteiger partial charge in [-0.15, -0.1) is 5.53 Å². The third kappa shape index (κ3) is 5.36. The van der Waals surface area contributed by atoms with E-state index < -0.39 is 5.44 Å². The van der Waals surface area contributed by atoms with Crippen molar-refractivity contribution in [3.05, 3.63) is 112 Å². The van der Waals surface area contributed by atoms with Crippen LogP contribution in [0.1, 0.15) is 54.5 Å². The van der Waals surface area contributed by atoms with Crippen LogP contribution in [-0.2, 0) is 5.44 Å². The van der Waals surface area contributed by atoms with Gasteiger partial charge in [-0.05, 0) is 61.6 Å². The van der Waals surface area contributed by atoms with Crippen molar-refractivity contribution in [1.29, 1.82) is 5.26 Å². The molecule has 0 saturated heterocycles. The van der Waals surface area contributed by atoms with Crippen LogP contribution in [0, 0.1) is 24.1 Å². The molecular weight excluding hydrogens is 548 g/mol. The van der Waals surface area contributed by atoms with Crippen LogP contribution in [0.5, 0.6) is 0 Å². The summed E-state index contributed by atoms with van der Waals surface area (Å²) in [5.41, 5.74) is 10.9. The zero-order valence-corrected chi connectivity index (χ0v) is 24.1. The minimum atomic E-state index is -1.28. The Morgan fingerprint density at radius 3 is 2.69 bits per heavy atom. The molecule has 2 radical (unpaired) electrons. The van der Waals surface area contributed by atoms with E-state index in [0.717, 1.165) is 30.4 Å². The molecule has 1 fully saturated rings. The molecule has 10 heteroatoms. The van der Waals surface area contributed by atoms with E-state index in [2.05, 4.69) is 64.7 Å². The Hall–Kier alpha value is -4.26. The molecule has 3 aromatic carbocycles. The van der Waals surface area contributed by atoms with Crippen LogP contribution in [0.3, 0.4) is 0 Å².